The molecular weight excluding hydrogens is 391 g/mol. The number of nitrogens with one attached hydrogen (secondary N) is 1. The van der Waals surface area contributed by atoms with Crippen molar-refractivity contribution in [3.05, 3.63) is 107 Å². The van der Waals surface area contributed by atoms with Gasteiger partial charge < -0.3 is 5.11 Å². The number of H-pyrrole nitrogens is 1. The van der Waals surface area contributed by atoms with Crippen LogP contribution in [0.4, 0.5) is 4.39 Å². The van der Waals surface area contributed by atoms with Gasteiger partial charge in [-0.05, 0) is 58.5 Å². The zero-order chi connectivity index (χ0) is 21.8. The molecule has 0 radical (unpaired) electrons. The number of rotatable bonds is 6. The zero-order valence-corrected chi connectivity index (χ0v) is 17.0. The van der Waals surface area contributed by atoms with E-state index in [1.54, 1.807) is 12.3 Å². The fraction of sp³-hybridized carbons (Fsp3) is 0.0769. The van der Waals surface area contributed by atoms with Crippen LogP contribution in [0.15, 0.2) is 79.0 Å². The fourth-order valence-corrected chi connectivity index (χ4v) is 3.76. The Morgan fingerprint density at radius 3 is 2.48 bits per heavy atom. The molecule has 2 N–H and O–H groups in total. The van der Waals surface area contributed by atoms with Crippen molar-refractivity contribution in [1.29, 1.82) is 0 Å². The standard InChI is InChI=1S/C26H21FN2O2/c1-2-22(17-6-4-3-5-7-17)26(19-10-12-24-21(14-19)16-28-29-24)20-9-8-18(23(27)15-20)11-13-25(30)31/h3-16H,2H2,1H3,(H,28,29)(H,30,31). The first-order chi connectivity index (χ1) is 15.1. The topological polar surface area (TPSA) is 66.0 Å². The van der Waals surface area contributed by atoms with Crippen LogP contribution in [0.1, 0.15) is 35.6 Å². The number of nitrogens with zero attached hydrogens (tertiary/aromatic N) is 1. The van der Waals surface area contributed by atoms with Crippen LogP contribution in [-0.4, -0.2) is 21.3 Å². The molecular formula is C26H21FN2O2. The van der Waals surface area contributed by atoms with Gasteiger partial charge in [0.1, 0.15) is 5.82 Å². The third kappa shape index (κ3) is 4.31. The number of allylic oxidation sites excluding steroid dienone is 1. The van der Waals surface area contributed by atoms with Gasteiger partial charge >= 0.3 is 5.97 Å². The van der Waals surface area contributed by atoms with E-state index in [9.17, 15) is 9.18 Å². The summed E-state index contributed by atoms with van der Waals surface area (Å²) >= 11 is 0. The third-order valence-corrected chi connectivity index (χ3v) is 5.20. The minimum atomic E-state index is -1.12. The molecule has 0 atom stereocenters. The second-order valence-corrected chi connectivity index (χ2v) is 7.15. The summed E-state index contributed by atoms with van der Waals surface area (Å²) in [5, 5.41) is 16.9. The number of carbonyl (C=O) groups is 1. The maximum atomic E-state index is 14.9. The Labute approximate surface area is 179 Å². The highest BCUT2D eigenvalue weighted by molar-refractivity contribution is 6.00. The Balaban J connectivity index is 1.93. The summed E-state index contributed by atoms with van der Waals surface area (Å²) in [4.78, 5) is 10.8. The lowest BCUT2D eigenvalue weighted by atomic mass is 9.87. The van der Waals surface area contributed by atoms with Gasteiger partial charge in [0.25, 0.3) is 0 Å². The summed E-state index contributed by atoms with van der Waals surface area (Å²) in [6.07, 6.45) is 4.72. The summed E-state index contributed by atoms with van der Waals surface area (Å²) in [6, 6.07) is 21.0. The Morgan fingerprint density at radius 2 is 1.77 bits per heavy atom. The van der Waals surface area contributed by atoms with Crippen LogP contribution in [0, 0.1) is 5.82 Å². The van der Waals surface area contributed by atoms with E-state index < -0.39 is 11.8 Å². The van der Waals surface area contributed by atoms with Gasteiger partial charge in [0.05, 0.1) is 11.7 Å². The first kappa shape index (κ1) is 20.3. The van der Waals surface area contributed by atoms with Crippen molar-refractivity contribution in [1.82, 2.24) is 10.2 Å². The molecule has 0 unspecified atom stereocenters. The second-order valence-electron chi connectivity index (χ2n) is 7.15. The van der Waals surface area contributed by atoms with Crippen LogP contribution in [0.2, 0.25) is 0 Å². The average Bonchev–Trinajstić information content (AvgIpc) is 3.25. The highest BCUT2D eigenvalue weighted by Gasteiger charge is 2.15. The van der Waals surface area contributed by atoms with Crippen LogP contribution in [0.5, 0.6) is 0 Å². The van der Waals surface area contributed by atoms with Gasteiger partial charge in [-0.25, -0.2) is 9.18 Å². The molecule has 0 bridgehead atoms. The van der Waals surface area contributed by atoms with Gasteiger partial charge in [-0.1, -0.05) is 55.5 Å². The van der Waals surface area contributed by atoms with Crippen molar-refractivity contribution in [3.8, 4) is 0 Å². The SMILES string of the molecule is CCC(=C(c1ccc(C=CC(=O)O)c(F)c1)c1ccc2[nH]ncc2c1)c1ccccc1. The maximum absolute atomic E-state index is 14.9. The lowest BCUT2D eigenvalue weighted by Crippen LogP contribution is -1.97. The van der Waals surface area contributed by atoms with Gasteiger partial charge in [-0.15, -0.1) is 0 Å². The van der Waals surface area contributed by atoms with Gasteiger partial charge in [0.2, 0.25) is 0 Å². The largest absolute Gasteiger partial charge is 0.478 e. The van der Waals surface area contributed by atoms with E-state index in [0.29, 0.717) is 0 Å². The summed E-state index contributed by atoms with van der Waals surface area (Å²) in [5.41, 5.74) is 5.95. The van der Waals surface area contributed by atoms with Crippen LogP contribution in [-0.2, 0) is 4.79 Å². The first-order valence-corrected chi connectivity index (χ1v) is 10.00. The predicted molar refractivity (Wildman–Crippen MR) is 122 cm³/mol. The van der Waals surface area contributed by atoms with Crippen LogP contribution in [0.25, 0.3) is 28.1 Å². The van der Waals surface area contributed by atoms with Gasteiger partial charge in [0.15, 0.2) is 0 Å². The molecule has 0 saturated carbocycles. The van der Waals surface area contributed by atoms with Crippen LogP contribution >= 0.6 is 0 Å². The summed E-state index contributed by atoms with van der Waals surface area (Å²) in [5.74, 6) is -1.59. The van der Waals surface area contributed by atoms with E-state index in [1.807, 2.05) is 42.5 Å². The van der Waals surface area contributed by atoms with E-state index in [-0.39, 0.29) is 5.56 Å². The number of aliphatic carboxylic acids is 1. The molecule has 4 rings (SSSR count). The molecule has 0 aliphatic heterocycles. The maximum Gasteiger partial charge on any atom is 0.328 e. The van der Waals surface area contributed by atoms with E-state index in [4.69, 9.17) is 5.11 Å². The van der Waals surface area contributed by atoms with Gasteiger partial charge in [-0.2, -0.15) is 5.10 Å². The summed E-state index contributed by atoms with van der Waals surface area (Å²) < 4.78 is 14.9. The molecule has 0 spiro atoms. The number of halogens is 1. The zero-order valence-electron chi connectivity index (χ0n) is 17.0. The quantitative estimate of drug-likeness (QED) is 0.294. The Hall–Kier alpha value is -3.99. The number of aromatic amines is 1. The third-order valence-electron chi connectivity index (χ3n) is 5.20. The summed E-state index contributed by atoms with van der Waals surface area (Å²) in [6.45, 7) is 2.08. The van der Waals surface area contributed by atoms with Crippen molar-refractivity contribution in [2.75, 3.05) is 0 Å². The molecule has 3 aromatic carbocycles. The minimum absolute atomic E-state index is 0.230. The van der Waals surface area contributed by atoms with Crippen molar-refractivity contribution in [2.45, 2.75) is 13.3 Å². The molecule has 0 fully saturated rings. The molecule has 5 heteroatoms. The molecule has 1 heterocycles. The molecule has 0 saturated heterocycles. The van der Waals surface area contributed by atoms with E-state index in [2.05, 4.69) is 29.3 Å². The van der Waals surface area contributed by atoms with Crippen LogP contribution < -0.4 is 0 Å². The Bertz CT molecular complexity index is 1300. The Morgan fingerprint density at radius 1 is 1.03 bits per heavy atom. The summed E-state index contributed by atoms with van der Waals surface area (Å²) in [7, 11) is 0. The molecule has 0 aliphatic rings. The van der Waals surface area contributed by atoms with E-state index in [1.165, 1.54) is 12.1 Å². The lowest BCUT2D eigenvalue weighted by molar-refractivity contribution is -0.131. The molecule has 0 amide bonds. The normalized spacial score (nSPS) is 12.3. The molecule has 4 nitrogen and oxygen atoms in total. The molecule has 31 heavy (non-hydrogen) atoms. The highest BCUT2D eigenvalue weighted by Crippen LogP contribution is 2.36. The van der Waals surface area contributed by atoms with E-state index >= 15 is 0 Å². The number of hydrogen-bond acceptors (Lipinski definition) is 2. The van der Waals surface area contributed by atoms with Gasteiger partial charge in [-0.3, -0.25) is 5.10 Å². The van der Waals surface area contributed by atoms with Gasteiger partial charge in [0, 0.05) is 17.0 Å². The van der Waals surface area contributed by atoms with Crippen molar-refractivity contribution < 1.29 is 14.3 Å². The molecule has 4 aromatic rings. The minimum Gasteiger partial charge on any atom is -0.478 e. The molecule has 0 aliphatic carbocycles. The second kappa shape index (κ2) is 8.79. The number of hydrogen-bond donors (Lipinski definition) is 2. The van der Waals surface area contributed by atoms with Crippen LogP contribution in [0.3, 0.4) is 0 Å². The number of aromatic nitrogens is 2. The monoisotopic (exact) mass is 412 g/mol. The fourth-order valence-electron chi connectivity index (χ4n) is 3.76. The number of carboxylic acids is 1. The number of fused-ring (bicyclic) bond motifs is 1. The number of carboxylic acid groups (broad SMARTS) is 1. The molecule has 1 aromatic heterocycles. The highest BCUT2D eigenvalue weighted by atomic mass is 19.1. The average molecular weight is 412 g/mol. The van der Waals surface area contributed by atoms with Crippen molar-refractivity contribution >= 4 is 34.1 Å². The van der Waals surface area contributed by atoms with Crippen molar-refractivity contribution in [2.24, 2.45) is 0 Å². The Kier molecular flexibility index (Phi) is 5.76. The smallest absolute Gasteiger partial charge is 0.328 e. The molecule has 154 valence electrons. The van der Waals surface area contributed by atoms with Crippen molar-refractivity contribution in [3.63, 3.8) is 0 Å². The van der Waals surface area contributed by atoms with E-state index in [0.717, 1.165) is 51.2 Å². The number of benzene rings is 3. The predicted octanol–water partition coefficient (Wildman–Crippen LogP) is 6.17. The first-order valence-electron chi connectivity index (χ1n) is 10.00. The lowest BCUT2D eigenvalue weighted by Gasteiger charge is -2.17.